The second-order valence-corrected chi connectivity index (χ2v) is 5.07. The fraction of sp³-hybridized carbons (Fsp3) is 0.364. The van der Waals surface area contributed by atoms with Crippen molar-refractivity contribution in [3.63, 3.8) is 0 Å². The van der Waals surface area contributed by atoms with Crippen LogP contribution in [0.2, 0.25) is 5.02 Å². The van der Waals surface area contributed by atoms with Gasteiger partial charge in [0.15, 0.2) is 0 Å². The minimum Gasteiger partial charge on any atom is -0.359 e. The molecule has 2 N–H and O–H groups in total. The van der Waals surface area contributed by atoms with Gasteiger partial charge in [0.05, 0.1) is 10.5 Å². The molecule has 0 radical (unpaired) electrons. The van der Waals surface area contributed by atoms with Crippen LogP contribution < -0.4 is 10.6 Å². The second-order valence-electron chi connectivity index (χ2n) is 4.23. The van der Waals surface area contributed by atoms with E-state index in [9.17, 15) is 0 Å². The van der Waals surface area contributed by atoms with E-state index in [0.29, 0.717) is 0 Å². The van der Waals surface area contributed by atoms with Crippen molar-refractivity contribution in [3.8, 4) is 0 Å². The number of nitrogens with one attached hydrogen (secondary N) is 2. The Hall–Kier alpha value is -0.640. The third-order valence-corrected chi connectivity index (χ3v) is 3.43. The number of rotatable bonds is 1. The van der Waals surface area contributed by atoms with Gasteiger partial charge in [-0.15, -0.1) is 0 Å². The Morgan fingerprint density at radius 3 is 2.33 bits per heavy atom. The molecule has 1 aromatic carbocycles. The Kier molecular flexibility index (Phi) is 2.71. The molecule has 0 spiro atoms. The summed E-state index contributed by atoms with van der Waals surface area (Å²) < 4.78 is 0. The SMILES string of the molecule is CC1(C)NC(c2ccc(Cl)cc2)NC1=S. The maximum Gasteiger partial charge on any atom is 0.104 e. The van der Waals surface area contributed by atoms with Crippen LogP contribution in [0.1, 0.15) is 25.6 Å². The second kappa shape index (κ2) is 3.74. The van der Waals surface area contributed by atoms with Crippen LogP contribution in [-0.2, 0) is 0 Å². The van der Waals surface area contributed by atoms with Crippen LogP contribution in [-0.4, -0.2) is 10.5 Å². The molecule has 4 heteroatoms. The molecule has 0 amide bonds. The van der Waals surface area contributed by atoms with E-state index >= 15 is 0 Å². The van der Waals surface area contributed by atoms with Crippen LogP contribution in [0.3, 0.4) is 0 Å². The number of halogens is 1. The van der Waals surface area contributed by atoms with Crippen molar-refractivity contribution < 1.29 is 0 Å². The van der Waals surface area contributed by atoms with Crippen LogP contribution in [0.25, 0.3) is 0 Å². The molecule has 1 atom stereocenters. The van der Waals surface area contributed by atoms with Crippen molar-refractivity contribution in [2.75, 3.05) is 0 Å². The zero-order chi connectivity index (χ0) is 11.1. The minimum absolute atomic E-state index is 0.0877. The Balaban J connectivity index is 2.21. The van der Waals surface area contributed by atoms with Gasteiger partial charge in [-0.25, -0.2) is 0 Å². The zero-order valence-corrected chi connectivity index (χ0v) is 10.2. The van der Waals surface area contributed by atoms with Gasteiger partial charge in [-0.3, -0.25) is 5.32 Å². The monoisotopic (exact) mass is 240 g/mol. The topological polar surface area (TPSA) is 24.1 Å². The number of hydrogen-bond acceptors (Lipinski definition) is 2. The van der Waals surface area contributed by atoms with E-state index in [4.69, 9.17) is 23.8 Å². The van der Waals surface area contributed by atoms with Crippen molar-refractivity contribution >= 4 is 28.8 Å². The van der Waals surface area contributed by atoms with Crippen molar-refractivity contribution in [3.05, 3.63) is 34.9 Å². The molecule has 1 unspecified atom stereocenters. The van der Waals surface area contributed by atoms with Crippen LogP contribution in [0, 0.1) is 0 Å². The molecule has 0 aromatic heterocycles. The van der Waals surface area contributed by atoms with Gasteiger partial charge in [0.25, 0.3) is 0 Å². The van der Waals surface area contributed by atoms with E-state index < -0.39 is 0 Å². The van der Waals surface area contributed by atoms with E-state index in [1.165, 1.54) is 0 Å². The Morgan fingerprint density at radius 1 is 1.27 bits per heavy atom. The predicted octanol–water partition coefficient (Wildman–Crippen LogP) is 2.64. The highest BCUT2D eigenvalue weighted by atomic mass is 35.5. The maximum atomic E-state index is 5.84. The van der Waals surface area contributed by atoms with E-state index in [-0.39, 0.29) is 11.7 Å². The largest absolute Gasteiger partial charge is 0.359 e. The molecule has 1 heterocycles. The molecule has 0 aliphatic carbocycles. The lowest BCUT2D eigenvalue weighted by atomic mass is 10.1. The first-order valence-corrected chi connectivity index (χ1v) is 5.62. The molecule has 15 heavy (non-hydrogen) atoms. The van der Waals surface area contributed by atoms with Gasteiger partial charge in [0.2, 0.25) is 0 Å². The van der Waals surface area contributed by atoms with Crippen LogP contribution >= 0.6 is 23.8 Å². The zero-order valence-electron chi connectivity index (χ0n) is 8.67. The Labute approximate surface area is 100 Å². The quantitative estimate of drug-likeness (QED) is 0.738. The Bertz CT molecular complexity index is 386. The van der Waals surface area contributed by atoms with E-state index in [0.717, 1.165) is 15.6 Å². The molecule has 80 valence electrons. The number of hydrogen-bond donors (Lipinski definition) is 2. The summed E-state index contributed by atoms with van der Waals surface area (Å²) in [5.74, 6) is 0. The third-order valence-electron chi connectivity index (χ3n) is 2.55. The summed E-state index contributed by atoms with van der Waals surface area (Å²) >= 11 is 11.1. The lowest BCUT2D eigenvalue weighted by Crippen LogP contribution is -2.38. The molecule has 0 saturated carbocycles. The summed E-state index contributed by atoms with van der Waals surface area (Å²) in [4.78, 5) is 0.849. The average molecular weight is 241 g/mol. The first kappa shape index (κ1) is 10.9. The fourth-order valence-electron chi connectivity index (χ4n) is 1.60. The van der Waals surface area contributed by atoms with Gasteiger partial charge < -0.3 is 5.32 Å². The van der Waals surface area contributed by atoms with Gasteiger partial charge in [0, 0.05) is 5.02 Å². The summed E-state index contributed by atoms with van der Waals surface area (Å²) in [6, 6.07) is 7.76. The third kappa shape index (κ3) is 2.14. The number of benzene rings is 1. The molecule has 1 aliphatic rings. The fourth-order valence-corrected chi connectivity index (χ4v) is 1.90. The summed E-state index contributed by atoms with van der Waals surface area (Å²) in [5, 5.41) is 7.43. The predicted molar refractivity (Wildman–Crippen MR) is 67.1 cm³/mol. The van der Waals surface area contributed by atoms with Crippen molar-refractivity contribution in [2.24, 2.45) is 0 Å². The van der Waals surface area contributed by atoms with E-state index in [2.05, 4.69) is 24.5 Å². The molecule has 1 saturated heterocycles. The van der Waals surface area contributed by atoms with Gasteiger partial charge in [-0.2, -0.15) is 0 Å². The normalized spacial score (nSPS) is 23.9. The van der Waals surface area contributed by atoms with Crippen LogP contribution in [0.5, 0.6) is 0 Å². The molecule has 1 fully saturated rings. The van der Waals surface area contributed by atoms with Gasteiger partial charge in [-0.1, -0.05) is 36.0 Å². The molecule has 2 rings (SSSR count). The van der Waals surface area contributed by atoms with Gasteiger partial charge in [-0.05, 0) is 31.5 Å². The lowest BCUT2D eigenvalue weighted by molar-refractivity contribution is 0.474. The van der Waals surface area contributed by atoms with Gasteiger partial charge >= 0.3 is 0 Å². The van der Waals surface area contributed by atoms with Crippen molar-refractivity contribution in [1.29, 1.82) is 0 Å². The summed E-state index contributed by atoms with van der Waals surface area (Å²) in [6.07, 6.45) is 0.0877. The van der Waals surface area contributed by atoms with Crippen molar-refractivity contribution in [2.45, 2.75) is 25.6 Å². The van der Waals surface area contributed by atoms with E-state index in [1.54, 1.807) is 0 Å². The van der Waals surface area contributed by atoms with E-state index in [1.807, 2.05) is 24.3 Å². The molecule has 0 bridgehead atoms. The van der Waals surface area contributed by atoms with Crippen molar-refractivity contribution in [1.82, 2.24) is 10.6 Å². The standard InChI is InChI=1S/C11H13ClN2S/c1-11(2)10(15)13-9(14-11)7-3-5-8(12)6-4-7/h3-6,9,14H,1-2H3,(H,13,15). The first-order valence-electron chi connectivity index (χ1n) is 4.83. The maximum absolute atomic E-state index is 5.84. The summed E-state index contributed by atoms with van der Waals surface area (Å²) in [5.41, 5.74) is 1.01. The highest BCUT2D eigenvalue weighted by molar-refractivity contribution is 7.80. The smallest absolute Gasteiger partial charge is 0.104 e. The Morgan fingerprint density at radius 2 is 1.87 bits per heavy atom. The summed E-state index contributed by atoms with van der Waals surface area (Å²) in [6.45, 7) is 4.14. The van der Waals surface area contributed by atoms with Gasteiger partial charge in [0.1, 0.15) is 6.17 Å². The van der Waals surface area contributed by atoms with Crippen LogP contribution in [0.15, 0.2) is 24.3 Å². The highest BCUT2D eigenvalue weighted by Crippen LogP contribution is 2.23. The highest BCUT2D eigenvalue weighted by Gasteiger charge is 2.35. The molecular weight excluding hydrogens is 228 g/mol. The molecule has 1 aliphatic heterocycles. The average Bonchev–Trinajstić information content (AvgIpc) is 2.42. The van der Waals surface area contributed by atoms with Crippen LogP contribution in [0.4, 0.5) is 0 Å². The lowest BCUT2D eigenvalue weighted by Gasteiger charge is -2.17. The first-order chi connectivity index (χ1) is 6.99. The molecule has 2 nitrogen and oxygen atoms in total. The minimum atomic E-state index is -0.139. The number of thiocarbonyl (C=S) groups is 1. The summed E-state index contributed by atoms with van der Waals surface area (Å²) in [7, 11) is 0. The molecular formula is C11H13ClN2S. The molecule has 1 aromatic rings.